The molecule has 0 aliphatic rings. The first kappa shape index (κ1) is 20.6. The molecule has 3 N–H and O–H groups in total. The van der Waals surface area contributed by atoms with E-state index in [9.17, 15) is 14.7 Å². The summed E-state index contributed by atoms with van der Waals surface area (Å²) in [6.45, 7) is 11.1. The van der Waals surface area contributed by atoms with Crippen molar-refractivity contribution in [3.8, 4) is 0 Å². The molecule has 1 heterocycles. The van der Waals surface area contributed by atoms with Gasteiger partial charge in [-0.3, -0.25) is 9.59 Å². The molecule has 0 fully saturated rings. The first-order valence-corrected chi connectivity index (χ1v) is 9.16. The van der Waals surface area contributed by atoms with E-state index in [1.807, 2.05) is 0 Å². The highest BCUT2D eigenvalue weighted by molar-refractivity contribution is 7.15. The van der Waals surface area contributed by atoms with Crippen molar-refractivity contribution in [1.82, 2.24) is 10.3 Å². The van der Waals surface area contributed by atoms with E-state index in [0.29, 0.717) is 11.0 Å². The van der Waals surface area contributed by atoms with Gasteiger partial charge in [-0.25, -0.2) is 4.98 Å². The van der Waals surface area contributed by atoms with Crippen LogP contribution in [0.25, 0.3) is 0 Å². The van der Waals surface area contributed by atoms with Gasteiger partial charge in [0.05, 0.1) is 0 Å². The molecule has 1 aromatic heterocycles. The number of thiazole rings is 1. The molecule has 2 amide bonds. The van der Waals surface area contributed by atoms with E-state index in [1.165, 1.54) is 11.3 Å². The monoisotopic (exact) mass is 355 g/mol. The second kappa shape index (κ2) is 8.58. The van der Waals surface area contributed by atoms with Gasteiger partial charge in [0.15, 0.2) is 5.13 Å². The Labute approximate surface area is 148 Å². The Balaban J connectivity index is 2.63. The number of nitrogens with one attached hydrogen (secondary N) is 2. The van der Waals surface area contributed by atoms with Crippen LogP contribution in [0.3, 0.4) is 0 Å². The topological polar surface area (TPSA) is 91.3 Å². The SMILES string of the molecule is CCC(CC)c1cnc(NC(=O)C(C)NC(=O)C(O)C(C)(C)C)s1. The summed E-state index contributed by atoms with van der Waals surface area (Å²) in [4.78, 5) is 29.6. The lowest BCUT2D eigenvalue weighted by Crippen LogP contribution is -2.49. The van der Waals surface area contributed by atoms with Crippen LogP contribution in [0, 0.1) is 5.41 Å². The Kier molecular flexibility index (Phi) is 7.35. The standard InChI is InChI=1S/C17H29N3O3S/c1-7-11(8-2)12-9-18-16(24-12)20-14(22)10(3)19-15(23)13(21)17(4,5)6/h9-11,13,21H,7-8H2,1-6H3,(H,19,23)(H,18,20,22). The zero-order valence-electron chi connectivity index (χ0n) is 15.3. The molecule has 0 aliphatic carbocycles. The van der Waals surface area contributed by atoms with Gasteiger partial charge in [0.2, 0.25) is 11.8 Å². The minimum absolute atomic E-state index is 0.352. The molecule has 2 atom stereocenters. The number of amides is 2. The molecule has 0 radical (unpaired) electrons. The number of hydrogen-bond acceptors (Lipinski definition) is 5. The van der Waals surface area contributed by atoms with Gasteiger partial charge in [-0.05, 0) is 31.1 Å². The predicted molar refractivity (Wildman–Crippen MR) is 97.1 cm³/mol. The summed E-state index contributed by atoms with van der Waals surface area (Å²) < 4.78 is 0. The summed E-state index contributed by atoms with van der Waals surface area (Å²) in [5.74, 6) is -0.455. The van der Waals surface area contributed by atoms with Crippen LogP contribution in [0.5, 0.6) is 0 Å². The fraction of sp³-hybridized carbons (Fsp3) is 0.706. The second-order valence-electron chi connectivity index (χ2n) is 7.07. The van der Waals surface area contributed by atoms with Crippen molar-refractivity contribution >= 4 is 28.3 Å². The number of rotatable bonds is 7. The van der Waals surface area contributed by atoms with Crippen molar-refractivity contribution in [1.29, 1.82) is 0 Å². The molecular weight excluding hydrogens is 326 g/mol. The number of aromatic nitrogens is 1. The summed E-state index contributed by atoms with van der Waals surface area (Å²) >= 11 is 1.46. The van der Waals surface area contributed by atoms with Gasteiger partial charge in [-0.2, -0.15) is 0 Å². The van der Waals surface area contributed by atoms with E-state index in [-0.39, 0.29) is 5.91 Å². The lowest BCUT2D eigenvalue weighted by molar-refractivity contribution is -0.137. The third-order valence-electron chi connectivity index (χ3n) is 3.96. The molecule has 0 saturated heterocycles. The molecular formula is C17H29N3O3S. The third kappa shape index (κ3) is 5.56. The van der Waals surface area contributed by atoms with Gasteiger partial charge in [-0.15, -0.1) is 11.3 Å². The largest absolute Gasteiger partial charge is 0.383 e. The van der Waals surface area contributed by atoms with Crippen LogP contribution in [0.2, 0.25) is 0 Å². The Morgan fingerprint density at radius 3 is 2.33 bits per heavy atom. The Bertz CT molecular complexity index is 562. The number of hydrogen-bond donors (Lipinski definition) is 3. The normalized spacial score (nSPS) is 14.3. The van der Waals surface area contributed by atoms with Gasteiger partial charge in [-0.1, -0.05) is 34.6 Å². The van der Waals surface area contributed by atoms with E-state index in [0.717, 1.165) is 17.7 Å². The van der Waals surface area contributed by atoms with Crippen molar-refractivity contribution in [2.45, 2.75) is 72.4 Å². The summed E-state index contributed by atoms with van der Waals surface area (Å²) in [6, 6.07) is -0.755. The molecule has 0 aromatic carbocycles. The van der Waals surface area contributed by atoms with Crippen LogP contribution in [-0.4, -0.2) is 34.1 Å². The van der Waals surface area contributed by atoms with Crippen LogP contribution in [0.1, 0.15) is 65.2 Å². The number of carbonyl (C=O) groups excluding carboxylic acids is 2. The Morgan fingerprint density at radius 1 is 1.25 bits per heavy atom. The van der Waals surface area contributed by atoms with Gasteiger partial charge in [0.1, 0.15) is 12.1 Å². The summed E-state index contributed by atoms with van der Waals surface area (Å²) in [6.07, 6.45) is 2.69. The molecule has 7 heteroatoms. The number of carbonyl (C=O) groups is 2. The zero-order chi connectivity index (χ0) is 18.5. The van der Waals surface area contributed by atoms with Crippen molar-refractivity contribution in [3.63, 3.8) is 0 Å². The van der Waals surface area contributed by atoms with E-state index in [1.54, 1.807) is 33.9 Å². The van der Waals surface area contributed by atoms with Crippen molar-refractivity contribution in [2.24, 2.45) is 5.41 Å². The van der Waals surface area contributed by atoms with Crippen molar-refractivity contribution in [3.05, 3.63) is 11.1 Å². The highest BCUT2D eigenvalue weighted by Gasteiger charge is 2.30. The molecule has 0 bridgehead atoms. The highest BCUT2D eigenvalue weighted by atomic mass is 32.1. The van der Waals surface area contributed by atoms with E-state index < -0.39 is 23.5 Å². The Morgan fingerprint density at radius 2 is 1.83 bits per heavy atom. The molecule has 0 spiro atoms. The molecule has 136 valence electrons. The summed E-state index contributed by atoms with van der Waals surface area (Å²) in [5, 5.41) is 15.7. The fourth-order valence-electron chi connectivity index (χ4n) is 2.19. The fourth-order valence-corrected chi connectivity index (χ4v) is 3.27. The molecule has 1 rings (SSSR count). The van der Waals surface area contributed by atoms with Gasteiger partial charge in [0.25, 0.3) is 0 Å². The minimum Gasteiger partial charge on any atom is -0.383 e. The van der Waals surface area contributed by atoms with Crippen molar-refractivity contribution in [2.75, 3.05) is 5.32 Å². The lowest BCUT2D eigenvalue weighted by atomic mass is 9.88. The molecule has 1 aromatic rings. The van der Waals surface area contributed by atoms with E-state index in [4.69, 9.17) is 0 Å². The van der Waals surface area contributed by atoms with Crippen LogP contribution in [-0.2, 0) is 9.59 Å². The van der Waals surface area contributed by atoms with Crippen LogP contribution in [0.4, 0.5) is 5.13 Å². The first-order chi connectivity index (χ1) is 11.1. The van der Waals surface area contributed by atoms with Crippen LogP contribution < -0.4 is 10.6 Å². The van der Waals surface area contributed by atoms with E-state index >= 15 is 0 Å². The zero-order valence-corrected chi connectivity index (χ0v) is 16.2. The predicted octanol–water partition coefficient (Wildman–Crippen LogP) is 2.90. The molecule has 2 unspecified atom stereocenters. The van der Waals surface area contributed by atoms with Gasteiger partial charge < -0.3 is 15.7 Å². The summed E-state index contributed by atoms with van der Waals surface area (Å²) in [5.41, 5.74) is -0.584. The van der Waals surface area contributed by atoms with Crippen molar-refractivity contribution < 1.29 is 14.7 Å². The average molecular weight is 356 g/mol. The molecule has 0 saturated carbocycles. The smallest absolute Gasteiger partial charge is 0.250 e. The first-order valence-electron chi connectivity index (χ1n) is 8.35. The number of aliphatic hydroxyl groups excluding tert-OH is 1. The summed E-state index contributed by atoms with van der Waals surface area (Å²) in [7, 11) is 0. The van der Waals surface area contributed by atoms with Crippen LogP contribution >= 0.6 is 11.3 Å². The van der Waals surface area contributed by atoms with Crippen LogP contribution in [0.15, 0.2) is 6.20 Å². The maximum absolute atomic E-state index is 12.2. The third-order valence-corrected chi connectivity index (χ3v) is 5.04. The molecule has 24 heavy (non-hydrogen) atoms. The quantitative estimate of drug-likeness (QED) is 0.701. The minimum atomic E-state index is -1.17. The number of anilines is 1. The molecule has 0 aliphatic heterocycles. The lowest BCUT2D eigenvalue weighted by Gasteiger charge is -2.26. The van der Waals surface area contributed by atoms with Gasteiger partial charge in [0, 0.05) is 11.1 Å². The van der Waals surface area contributed by atoms with E-state index in [2.05, 4.69) is 29.5 Å². The number of aliphatic hydroxyl groups is 1. The highest BCUT2D eigenvalue weighted by Crippen LogP contribution is 2.30. The number of nitrogens with zero attached hydrogens (tertiary/aromatic N) is 1. The maximum Gasteiger partial charge on any atom is 0.250 e. The van der Waals surface area contributed by atoms with Gasteiger partial charge >= 0.3 is 0 Å². The second-order valence-corrected chi connectivity index (χ2v) is 8.13. The molecule has 6 nitrogen and oxygen atoms in total. The average Bonchev–Trinajstić information content (AvgIpc) is 2.94. The Hall–Kier alpha value is -1.47. The maximum atomic E-state index is 12.2.